The molecule has 7 aromatic rings. The average molecular weight is 1000 g/mol. The number of nitrogens with two attached hydrogens (primary N) is 1. The number of allylic oxidation sites excluding steroid dienone is 1. The topological polar surface area (TPSA) is 219 Å². The van der Waals surface area contributed by atoms with Crippen molar-refractivity contribution in [1.29, 1.82) is 0 Å². The second-order valence-corrected chi connectivity index (χ2v) is 18.3. The first-order valence-corrected chi connectivity index (χ1v) is 23.7. The molecule has 0 aliphatic heterocycles. The number of aromatic nitrogens is 5. The summed E-state index contributed by atoms with van der Waals surface area (Å²) >= 11 is 12.9. The third-order valence-corrected chi connectivity index (χ3v) is 13.3. The summed E-state index contributed by atoms with van der Waals surface area (Å²) in [5.41, 5.74) is 11.8. The lowest BCUT2D eigenvalue weighted by atomic mass is 9.91. The van der Waals surface area contributed by atoms with Crippen LogP contribution in [-0.2, 0) is 6.42 Å². The summed E-state index contributed by atoms with van der Waals surface area (Å²) in [5.74, 6) is -1.64. The molecular formula is C52H51Cl2F2N11O4. The molecule has 2 amide bonds. The molecule has 71 heavy (non-hydrogen) atoms. The average Bonchev–Trinajstić information content (AvgIpc) is 3.98. The van der Waals surface area contributed by atoms with Gasteiger partial charge in [0.25, 0.3) is 17.5 Å². The third kappa shape index (κ3) is 11.6. The molecule has 3 aromatic heterocycles. The number of fused-ring (bicyclic) bond motifs is 2. The molecule has 0 radical (unpaired) electrons. The lowest BCUT2D eigenvalue weighted by Gasteiger charge is -2.30. The number of nitro benzene ring substituents is 1. The number of H-pyrrole nitrogens is 1. The number of hydrogen-bond donors (Lipinski definition) is 6. The van der Waals surface area contributed by atoms with Crippen molar-refractivity contribution in [2.24, 2.45) is 0 Å². The Labute approximate surface area is 418 Å². The van der Waals surface area contributed by atoms with Gasteiger partial charge in [-0.05, 0) is 99.2 Å². The van der Waals surface area contributed by atoms with Crippen LogP contribution in [0.15, 0.2) is 110 Å². The van der Waals surface area contributed by atoms with Crippen molar-refractivity contribution in [3.63, 3.8) is 0 Å². The maximum absolute atomic E-state index is 14.3. The Hall–Kier alpha value is -7.50. The summed E-state index contributed by atoms with van der Waals surface area (Å²) in [6.07, 6.45) is 14.4. The highest BCUT2D eigenvalue weighted by atomic mass is 35.5. The van der Waals surface area contributed by atoms with Crippen LogP contribution in [0.4, 0.5) is 32.1 Å². The van der Waals surface area contributed by atoms with E-state index < -0.39 is 34.1 Å². The zero-order valence-electron chi connectivity index (χ0n) is 37.5. The van der Waals surface area contributed by atoms with Crippen molar-refractivity contribution < 1.29 is 23.3 Å². The van der Waals surface area contributed by atoms with Crippen molar-refractivity contribution in [2.75, 3.05) is 16.4 Å². The molecule has 2 fully saturated rings. The van der Waals surface area contributed by atoms with E-state index in [-0.39, 0.29) is 48.4 Å². The monoisotopic (exact) mass is 1000 g/mol. The molecule has 3 aliphatic carbocycles. The number of rotatable bonds is 11. The summed E-state index contributed by atoms with van der Waals surface area (Å²) in [6, 6.07) is 23.0. The van der Waals surface area contributed by atoms with Crippen LogP contribution < -0.4 is 27.0 Å². The molecule has 4 atom stereocenters. The molecule has 10 rings (SSSR count). The van der Waals surface area contributed by atoms with Gasteiger partial charge in [0, 0.05) is 64.2 Å². The van der Waals surface area contributed by atoms with Gasteiger partial charge in [-0.3, -0.25) is 19.7 Å². The second kappa shape index (κ2) is 22.1. The molecule has 7 N–H and O–H groups in total. The first kappa shape index (κ1) is 49.9. The van der Waals surface area contributed by atoms with E-state index in [1.807, 2.05) is 42.6 Å². The summed E-state index contributed by atoms with van der Waals surface area (Å²) < 4.78 is 28.4. The van der Waals surface area contributed by atoms with Crippen LogP contribution in [0.5, 0.6) is 0 Å². The van der Waals surface area contributed by atoms with Crippen molar-refractivity contribution in [2.45, 2.75) is 89.4 Å². The minimum Gasteiger partial charge on any atom is -0.399 e. The smallest absolute Gasteiger partial charge is 0.272 e. The van der Waals surface area contributed by atoms with E-state index in [1.165, 1.54) is 17.7 Å². The van der Waals surface area contributed by atoms with Crippen LogP contribution >= 0.6 is 23.2 Å². The van der Waals surface area contributed by atoms with Crippen LogP contribution in [-0.4, -0.2) is 65.8 Å². The number of non-ortho nitro benzene ring substituents is 1. The Morgan fingerprint density at radius 1 is 0.718 bits per heavy atom. The molecule has 366 valence electrons. The second-order valence-electron chi connectivity index (χ2n) is 17.5. The largest absolute Gasteiger partial charge is 0.399 e. The van der Waals surface area contributed by atoms with Crippen LogP contribution in [0.1, 0.15) is 96.3 Å². The van der Waals surface area contributed by atoms with Crippen molar-refractivity contribution in [3.05, 3.63) is 169 Å². The molecule has 0 spiro atoms. The van der Waals surface area contributed by atoms with E-state index in [2.05, 4.69) is 59.4 Å². The minimum absolute atomic E-state index is 0. The van der Waals surface area contributed by atoms with Gasteiger partial charge >= 0.3 is 0 Å². The highest BCUT2D eigenvalue weighted by molar-refractivity contribution is 6.33. The van der Waals surface area contributed by atoms with Crippen molar-refractivity contribution >= 4 is 74.8 Å². The maximum atomic E-state index is 14.3. The van der Waals surface area contributed by atoms with Crippen LogP contribution in [0.2, 0.25) is 10.0 Å². The molecule has 2 saturated carbocycles. The first-order valence-electron chi connectivity index (χ1n) is 22.9. The van der Waals surface area contributed by atoms with E-state index in [1.54, 1.807) is 12.4 Å². The lowest BCUT2D eigenvalue weighted by Crippen LogP contribution is -2.42. The molecule has 0 unspecified atom stereocenters. The van der Waals surface area contributed by atoms with Crippen molar-refractivity contribution in [3.8, 4) is 11.3 Å². The number of nitrogen functional groups attached to an aromatic ring is 1. The fraction of sp³-hybridized carbons (Fsp3) is 0.269. The van der Waals surface area contributed by atoms with Gasteiger partial charge in [0.15, 0.2) is 0 Å². The number of carbonyl (C=O) groups is 2. The predicted molar refractivity (Wildman–Crippen MR) is 273 cm³/mol. The number of benzene rings is 4. The zero-order valence-corrected chi connectivity index (χ0v) is 39.0. The van der Waals surface area contributed by atoms with Crippen LogP contribution in [0, 0.1) is 21.7 Å². The number of aromatic amines is 1. The van der Waals surface area contributed by atoms with Gasteiger partial charge in [-0.1, -0.05) is 79.2 Å². The Balaban J connectivity index is 0.000000188. The lowest BCUT2D eigenvalue weighted by molar-refractivity contribution is -0.385. The molecule has 0 saturated heterocycles. The van der Waals surface area contributed by atoms with E-state index in [9.17, 15) is 28.5 Å². The predicted octanol–water partition coefficient (Wildman–Crippen LogP) is 11.1. The summed E-state index contributed by atoms with van der Waals surface area (Å²) in [7, 11) is 0. The number of hydrogen-bond acceptors (Lipinski definition) is 11. The minimum atomic E-state index is -0.919. The summed E-state index contributed by atoms with van der Waals surface area (Å²) in [5, 5.41) is 25.3. The molecular weight excluding hydrogens is 952 g/mol. The summed E-state index contributed by atoms with van der Waals surface area (Å²) in [6.45, 7) is 0. The fourth-order valence-corrected chi connectivity index (χ4v) is 9.72. The number of nitro groups is 1. The van der Waals surface area contributed by atoms with E-state index in [4.69, 9.17) is 33.9 Å². The van der Waals surface area contributed by atoms with Crippen LogP contribution in [0.3, 0.4) is 0 Å². The normalized spacial score (nSPS) is 18.2. The van der Waals surface area contributed by atoms with E-state index >= 15 is 0 Å². The Morgan fingerprint density at radius 2 is 1.28 bits per heavy atom. The number of para-hydroxylation sites is 1. The van der Waals surface area contributed by atoms with Gasteiger partial charge in [0.2, 0.25) is 11.9 Å². The third-order valence-electron chi connectivity index (χ3n) is 12.8. The highest BCUT2D eigenvalue weighted by Gasteiger charge is 2.28. The number of carbonyl (C=O) groups excluding carboxylic acids is 2. The molecule has 15 nitrogen and oxygen atoms in total. The Kier molecular flexibility index (Phi) is 15.5. The van der Waals surface area contributed by atoms with E-state index in [0.717, 1.165) is 96.8 Å². The number of amides is 2. The highest BCUT2D eigenvalue weighted by Crippen LogP contribution is 2.36. The summed E-state index contributed by atoms with van der Waals surface area (Å²) in [4.78, 5) is 56.7. The maximum Gasteiger partial charge on any atom is 0.272 e. The van der Waals surface area contributed by atoms with Gasteiger partial charge in [-0.2, -0.15) is 0 Å². The van der Waals surface area contributed by atoms with Crippen LogP contribution in [0.25, 0.3) is 27.7 Å². The number of nitrogens with zero attached hydrogens (tertiary/aromatic N) is 5. The Bertz CT molecular complexity index is 3150. The molecule has 4 aromatic carbocycles. The standard InChI is InChI=1S/C26H23ClFN5O3.C25H24ClFN6O.CH4/c27-22-14-29-26(32-24(22)20-10-8-15-4-1-2-7-19(15)20)31-17-6-3-5-16(12-17)30-25(34)21-11-9-18(33(35)36)13-23(21)28;26-20-13-30-25(33-23(20)19-12-29-22-7-2-1-6-17(19)22)32-16-5-3-4-15(11-16)31-24(34)18-9-8-14(28)10-21(18)27;/h1-2,4,7,9-11,13-14,16-17H,3,5-6,8,12H2,(H,30,34)(H,29,31,32);1-2,6-10,12-13,15-16,29H,3-5,11,28H2,(H,31,34)(H,30,32,33);1H4/t16-,17+;15-,16+;/m00./s1. The Morgan fingerprint density at radius 3 is 1.92 bits per heavy atom. The van der Waals surface area contributed by atoms with Gasteiger partial charge < -0.3 is 32.0 Å². The first-order chi connectivity index (χ1) is 33.9. The molecule has 19 heteroatoms. The van der Waals surface area contributed by atoms with Gasteiger partial charge in [-0.25, -0.2) is 28.7 Å². The molecule has 3 heterocycles. The van der Waals surface area contributed by atoms with Gasteiger partial charge in [-0.15, -0.1) is 0 Å². The van der Waals surface area contributed by atoms with Gasteiger partial charge in [0.1, 0.15) is 11.6 Å². The molecule has 0 bridgehead atoms. The number of anilines is 3. The van der Waals surface area contributed by atoms with Crippen molar-refractivity contribution in [1.82, 2.24) is 35.6 Å². The number of halogens is 4. The van der Waals surface area contributed by atoms with Gasteiger partial charge in [0.05, 0.1) is 55.9 Å². The van der Waals surface area contributed by atoms with E-state index in [0.29, 0.717) is 46.2 Å². The quantitative estimate of drug-likeness (QED) is 0.0407. The zero-order chi connectivity index (χ0) is 48.9. The fourth-order valence-electron chi connectivity index (χ4n) is 9.34. The molecule has 3 aliphatic rings. The SMILES string of the molecule is C.Nc1ccc(C(=O)N[C@H]2CCC[C@@H](Nc3ncc(Cl)c(-c4c[nH]c5ccccc45)n3)C2)c(F)c1.O=C(N[C@H]1CCC[C@@H](Nc2ncc(Cl)c(C3=CCc4ccccc43)n2)C1)c1ccc([N+](=O)[O-])cc1F. The number of nitrogens with one attached hydrogen (secondary N) is 5.